The molecule has 0 saturated carbocycles. The van der Waals surface area contributed by atoms with Gasteiger partial charge in [-0.25, -0.2) is 8.42 Å². The predicted octanol–water partition coefficient (Wildman–Crippen LogP) is 3.99. The summed E-state index contributed by atoms with van der Waals surface area (Å²) < 4.78 is 65.7. The molecule has 192 valence electrons. The standard InChI is InChI=1S/C23H27ClF3N3O4S/c1-5-28-22(32)16(3)29(13-17-9-7-6-8-15(17)2)21(31)14-30(35(4,33)34)18-10-11-20(24)19(12-18)23(25,26)27/h6-12,16H,5,13-14H2,1-4H3,(H,28,32). The first-order valence-corrected chi connectivity index (χ1v) is 12.9. The van der Waals surface area contributed by atoms with Crippen LogP contribution in [0.2, 0.25) is 5.02 Å². The first-order valence-electron chi connectivity index (χ1n) is 10.6. The Balaban J connectivity index is 2.49. The van der Waals surface area contributed by atoms with Crippen LogP contribution in [0.5, 0.6) is 0 Å². The van der Waals surface area contributed by atoms with Crippen molar-refractivity contribution in [3.05, 3.63) is 64.2 Å². The van der Waals surface area contributed by atoms with Gasteiger partial charge in [0.15, 0.2) is 0 Å². The second-order valence-corrected chi connectivity index (χ2v) is 10.3. The Bertz CT molecular complexity index is 1190. The lowest BCUT2D eigenvalue weighted by Gasteiger charge is -2.32. The molecule has 2 amide bonds. The van der Waals surface area contributed by atoms with E-state index in [0.717, 1.165) is 29.5 Å². The summed E-state index contributed by atoms with van der Waals surface area (Å²) in [6.45, 7) is 4.53. The van der Waals surface area contributed by atoms with E-state index in [0.29, 0.717) is 16.9 Å². The molecule has 1 unspecified atom stereocenters. The van der Waals surface area contributed by atoms with Gasteiger partial charge < -0.3 is 10.2 Å². The third-order valence-corrected chi connectivity index (χ3v) is 6.81. The van der Waals surface area contributed by atoms with E-state index < -0.39 is 51.2 Å². The second-order valence-electron chi connectivity index (χ2n) is 7.95. The Kier molecular flexibility index (Phi) is 9.18. The molecule has 2 aromatic carbocycles. The van der Waals surface area contributed by atoms with Crippen molar-refractivity contribution >= 4 is 39.1 Å². The van der Waals surface area contributed by atoms with Crippen LogP contribution in [-0.2, 0) is 32.3 Å². The first kappa shape index (κ1) is 28.4. The number of benzene rings is 2. The number of carbonyl (C=O) groups excluding carboxylic acids is 2. The molecule has 2 rings (SSSR count). The Hall–Kier alpha value is -2.79. The number of halogens is 4. The molecule has 2 aromatic rings. The average molecular weight is 534 g/mol. The number of amides is 2. The van der Waals surface area contributed by atoms with Crippen molar-refractivity contribution in [3.63, 3.8) is 0 Å². The maximum absolute atomic E-state index is 13.4. The molecular weight excluding hydrogens is 507 g/mol. The molecule has 0 saturated heterocycles. The van der Waals surface area contributed by atoms with Crippen molar-refractivity contribution in [2.24, 2.45) is 0 Å². The molecule has 0 aromatic heterocycles. The largest absolute Gasteiger partial charge is 0.417 e. The third kappa shape index (κ3) is 7.35. The summed E-state index contributed by atoms with van der Waals surface area (Å²) >= 11 is 5.66. The molecule has 0 aliphatic carbocycles. The molecule has 0 fully saturated rings. The lowest BCUT2D eigenvalue weighted by atomic mass is 10.1. The van der Waals surface area contributed by atoms with E-state index in [9.17, 15) is 31.2 Å². The predicted molar refractivity (Wildman–Crippen MR) is 129 cm³/mol. The summed E-state index contributed by atoms with van der Waals surface area (Å²) in [6, 6.07) is 8.77. The van der Waals surface area contributed by atoms with Crippen molar-refractivity contribution in [1.29, 1.82) is 0 Å². The minimum atomic E-state index is -4.83. The summed E-state index contributed by atoms with van der Waals surface area (Å²) in [5, 5.41) is 2.02. The number of rotatable bonds is 9. The van der Waals surface area contributed by atoms with Crippen LogP contribution in [0.3, 0.4) is 0 Å². The Morgan fingerprint density at radius 2 is 1.77 bits per heavy atom. The minimum Gasteiger partial charge on any atom is -0.355 e. The van der Waals surface area contributed by atoms with E-state index in [1.807, 2.05) is 19.1 Å². The van der Waals surface area contributed by atoms with Crippen molar-refractivity contribution in [2.45, 2.75) is 39.5 Å². The highest BCUT2D eigenvalue weighted by Crippen LogP contribution is 2.37. The van der Waals surface area contributed by atoms with E-state index in [1.54, 1.807) is 19.1 Å². The number of likely N-dealkylation sites (N-methyl/N-ethyl adjacent to an activating group) is 1. The van der Waals surface area contributed by atoms with Crippen molar-refractivity contribution in [1.82, 2.24) is 10.2 Å². The number of nitrogens with zero attached hydrogens (tertiary/aromatic N) is 2. The second kappa shape index (κ2) is 11.3. The van der Waals surface area contributed by atoms with E-state index in [4.69, 9.17) is 11.6 Å². The fourth-order valence-corrected chi connectivity index (χ4v) is 4.44. The van der Waals surface area contributed by atoms with E-state index >= 15 is 0 Å². The molecular formula is C23H27ClF3N3O4S. The van der Waals surface area contributed by atoms with E-state index in [1.165, 1.54) is 11.8 Å². The van der Waals surface area contributed by atoms with Gasteiger partial charge in [0.2, 0.25) is 21.8 Å². The minimum absolute atomic E-state index is 0.00414. The fraction of sp³-hybridized carbons (Fsp3) is 0.391. The number of sulfonamides is 1. The van der Waals surface area contributed by atoms with Crippen LogP contribution >= 0.6 is 11.6 Å². The highest BCUT2D eigenvalue weighted by molar-refractivity contribution is 7.92. The number of hydrogen-bond acceptors (Lipinski definition) is 4. The quantitative estimate of drug-likeness (QED) is 0.528. The van der Waals surface area contributed by atoms with Gasteiger partial charge in [0.25, 0.3) is 0 Å². The van der Waals surface area contributed by atoms with Gasteiger partial charge in [0.1, 0.15) is 12.6 Å². The highest BCUT2D eigenvalue weighted by atomic mass is 35.5. The number of nitrogens with one attached hydrogen (secondary N) is 1. The van der Waals surface area contributed by atoms with Gasteiger partial charge in [-0.3, -0.25) is 13.9 Å². The van der Waals surface area contributed by atoms with Gasteiger partial charge in [-0.2, -0.15) is 13.2 Å². The van der Waals surface area contributed by atoms with E-state index in [2.05, 4.69) is 5.32 Å². The molecule has 0 aliphatic rings. The SMILES string of the molecule is CCNC(=O)C(C)N(Cc1ccccc1C)C(=O)CN(c1ccc(Cl)c(C(F)(F)F)c1)S(C)(=O)=O. The number of anilines is 1. The molecule has 0 spiro atoms. The van der Waals surface area contributed by atoms with Crippen LogP contribution in [0.1, 0.15) is 30.5 Å². The zero-order valence-electron chi connectivity index (χ0n) is 19.7. The molecule has 35 heavy (non-hydrogen) atoms. The van der Waals surface area contributed by atoms with Gasteiger partial charge >= 0.3 is 6.18 Å². The third-order valence-electron chi connectivity index (χ3n) is 5.34. The lowest BCUT2D eigenvalue weighted by molar-refractivity contribution is -0.139. The van der Waals surface area contributed by atoms with Gasteiger partial charge in [0.05, 0.1) is 22.5 Å². The van der Waals surface area contributed by atoms with Gasteiger partial charge in [-0.1, -0.05) is 35.9 Å². The maximum Gasteiger partial charge on any atom is 0.417 e. The molecule has 0 aliphatic heterocycles. The molecule has 12 heteroatoms. The number of hydrogen-bond donors (Lipinski definition) is 1. The number of carbonyl (C=O) groups is 2. The van der Waals surface area contributed by atoms with Gasteiger partial charge in [-0.05, 0) is 50.1 Å². The van der Waals surface area contributed by atoms with Crippen LogP contribution < -0.4 is 9.62 Å². The van der Waals surface area contributed by atoms with E-state index in [-0.39, 0.29) is 12.2 Å². The number of aryl methyl sites for hydroxylation is 1. The van der Waals surface area contributed by atoms with Crippen LogP contribution in [0, 0.1) is 6.92 Å². The summed E-state index contributed by atoms with van der Waals surface area (Å²) in [7, 11) is -4.18. The highest BCUT2D eigenvalue weighted by Gasteiger charge is 2.35. The molecule has 0 bridgehead atoms. The Morgan fingerprint density at radius 1 is 1.14 bits per heavy atom. The zero-order valence-corrected chi connectivity index (χ0v) is 21.3. The topological polar surface area (TPSA) is 86.8 Å². The monoisotopic (exact) mass is 533 g/mol. The average Bonchev–Trinajstić information content (AvgIpc) is 2.75. The number of alkyl halides is 3. The molecule has 0 heterocycles. The smallest absolute Gasteiger partial charge is 0.355 e. The Labute approximate surface area is 207 Å². The first-order chi connectivity index (χ1) is 16.2. The molecule has 7 nitrogen and oxygen atoms in total. The summed E-state index contributed by atoms with van der Waals surface area (Å²) in [4.78, 5) is 27.1. The van der Waals surface area contributed by atoms with Crippen LogP contribution in [0.4, 0.5) is 18.9 Å². The summed E-state index contributed by atoms with van der Waals surface area (Å²) in [5.41, 5.74) is -0.0288. The van der Waals surface area contributed by atoms with Crippen molar-refractivity contribution in [3.8, 4) is 0 Å². The molecule has 1 N–H and O–H groups in total. The van der Waals surface area contributed by atoms with Crippen LogP contribution in [0.25, 0.3) is 0 Å². The maximum atomic E-state index is 13.4. The normalized spacial score (nSPS) is 12.7. The molecule has 0 radical (unpaired) electrons. The summed E-state index contributed by atoms with van der Waals surface area (Å²) in [5.74, 6) is -1.22. The van der Waals surface area contributed by atoms with Gasteiger partial charge in [-0.15, -0.1) is 0 Å². The lowest BCUT2D eigenvalue weighted by Crippen LogP contribution is -2.51. The summed E-state index contributed by atoms with van der Waals surface area (Å²) in [6.07, 6.45) is -4.05. The van der Waals surface area contributed by atoms with Gasteiger partial charge in [0, 0.05) is 13.1 Å². The van der Waals surface area contributed by atoms with Crippen LogP contribution in [0.15, 0.2) is 42.5 Å². The Morgan fingerprint density at radius 3 is 2.31 bits per heavy atom. The van der Waals surface area contributed by atoms with Crippen molar-refractivity contribution in [2.75, 3.05) is 23.7 Å². The molecule has 1 atom stereocenters. The van der Waals surface area contributed by atoms with Crippen molar-refractivity contribution < 1.29 is 31.2 Å². The zero-order chi connectivity index (χ0) is 26.6. The van der Waals surface area contributed by atoms with Crippen LogP contribution in [-0.4, -0.2) is 50.5 Å². The fourth-order valence-electron chi connectivity index (χ4n) is 3.37.